The van der Waals surface area contributed by atoms with Crippen molar-refractivity contribution in [2.75, 3.05) is 61.3 Å². The van der Waals surface area contributed by atoms with Gasteiger partial charge in [-0.3, -0.25) is 43.4 Å². The highest BCUT2D eigenvalue weighted by molar-refractivity contribution is 5.90. The molecular weight excluding hydrogens is 849 g/mol. The van der Waals surface area contributed by atoms with Gasteiger partial charge >= 0.3 is 11.9 Å². The van der Waals surface area contributed by atoms with Crippen LogP contribution in [-0.4, -0.2) is 164 Å². The zero-order valence-corrected chi connectivity index (χ0v) is 42.1. The van der Waals surface area contributed by atoms with Gasteiger partial charge in [-0.2, -0.15) is 0 Å². The number of carboxylic acid groups (broad SMARTS) is 1. The maximum Gasteiger partial charge on any atom is 0.317 e. The third kappa shape index (κ3) is 17.1. The van der Waals surface area contributed by atoms with Gasteiger partial charge in [0.05, 0.1) is 49.2 Å². The average Bonchev–Trinajstić information content (AvgIpc) is 3.76. The lowest BCUT2D eigenvalue weighted by atomic mass is 9.83. The number of carbonyl (C=O) groups excluding carboxylic acids is 6. The molecule has 1 heterocycles. The zero-order valence-electron chi connectivity index (χ0n) is 42.1. The highest BCUT2D eigenvalue weighted by atomic mass is 16.5. The Balaban J connectivity index is 2.31. The molecule has 0 spiro atoms. The fourth-order valence-corrected chi connectivity index (χ4v) is 9.41. The van der Waals surface area contributed by atoms with Crippen molar-refractivity contribution in [3.05, 3.63) is 35.9 Å². The standard InChI is InChI=1S/C50H82N4O12/c1-14-35(8)47(52(11)49(61)39(32(2)3)27-42(57)46(33(4)5)51(10)34(6)7)43(63-12)28-44(58)54-22-18-21-40(54)48(64-13)36(9)41(56)26-38(25-37-19-16-15-17-20-37)50(62)66-24-23-53(29-45(59)60)30-65-31-55/h15-17,19-20,31-36,38-40,43,46-48H,14,18,21-30H2,1-13H3,(H,59,60)/t35-,36-,38+,39-,40-,43+,46-,47-,48+/m0/s1. The molecule has 9 atom stereocenters. The quantitative estimate of drug-likeness (QED) is 0.0551. The van der Waals surface area contributed by atoms with Gasteiger partial charge in [-0.1, -0.05) is 85.2 Å². The number of amides is 2. The van der Waals surface area contributed by atoms with E-state index in [1.807, 2.05) is 78.9 Å². The number of carboxylic acids is 1. The van der Waals surface area contributed by atoms with Gasteiger partial charge in [0, 0.05) is 65.1 Å². The van der Waals surface area contributed by atoms with Crippen LogP contribution in [0, 0.1) is 35.5 Å². The van der Waals surface area contributed by atoms with Crippen LogP contribution in [0.15, 0.2) is 30.3 Å². The lowest BCUT2D eigenvalue weighted by Gasteiger charge is -2.41. The second kappa shape index (κ2) is 28.8. The minimum atomic E-state index is -1.15. The molecule has 0 aliphatic carbocycles. The molecule has 0 unspecified atom stereocenters. The SMILES string of the molecule is CC[C@H](C)[C@@H]([C@@H](CC(=O)N1CCC[C@H]1[C@H](OC)[C@@H](C)C(=O)C[C@@H](Cc1ccccc1)C(=O)OCCN(COC=O)CC(=O)O)OC)N(C)C(=O)[C@@H](CC(=O)[C@H](C(C)C)N(C)C(C)C)C(C)C. The van der Waals surface area contributed by atoms with Crippen LogP contribution in [0.5, 0.6) is 0 Å². The normalized spacial score (nSPS) is 17.8. The van der Waals surface area contributed by atoms with Crippen molar-refractivity contribution in [1.29, 1.82) is 0 Å². The second-order valence-corrected chi connectivity index (χ2v) is 19.1. The molecule has 16 nitrogen and oxygen atoms in total. The molecule has 16 heteroatoms. The number of ketones is 2. The maximum atomic E-state index is 14.5. The molecule has 1 saturated heterocycles. The number of aliphatic carboxylic acids is 1. The summed E-state index contributed by atoms with van der Waals surface area (Å²) in [5.74, 6) is -4.58. The number of esters is 1. The van der Waals surface area contributed by atoms with Crippen LogP contribution in [0.25, 0.3) is 0 Å². The lowest BCUT2D eigenvalue weighted by molar-refractivity contribution is -0.153. The number of hydrogen-bond acceptors (Lipinski definition) is 13. The molecule has 2 rings (SSSR count). The number of rotatable bonds is 32. The molecule has 1 aromatic rings. The van der Waals surface area contributed by atoms with E-state index < -0.39 is 60.5 Å². The van der Waals surface area contributed by atoms with Crippen molar-refractivity contribution in [3.8, 4) is 0 Å². The monoisotopic (exact) mass is 931 g/mol. The van der Waals surface area contributed by atoms with Gasteiger partial charge in [-0.15, -0.1) is 0 Å². The summed E-state index contributed by atoms with van der Waals surface area (Å²) in [7, 11) is 6.77. The summed E-state index contributed by atoms with van der Waals surface area (Å²) in [4.78, 5) is 99.5. The summed E-state index contributed by atoms with van der Waals surface area (Å²) >= 11 is 0. The van der Waals surface area contributed by atoms with Crippen molar-refractivity contribution in [1.82, 2.24) is 19.6 Å². The number of likely N-dealkylation sites (tertiary alicyclic amines) is 1. The van der Waals surface area contributed by atoms with Crippen LogP contribution >= 0.6 is 0 Å². The number of likely N-dealkylation sites (N-methyl/N-ethyl adjacent to an activating group) is 2. The molecule has 1 N–H and O–H groups in total. The van der Waals surface area contributed by atoms with E-state index in [-0.39, 0.29) is 105 Å². The molecule has 1 fully saturated rings. The van der Waals surface area contributed by atoms with Gasteiger partial charge in [-0.25, -0.2) is 0 Å². The summed E-state index contributed by atoms with van der Waals surface area (Å²) in [5.41, 5.74) is 0.820. The van der Waals surface area contributed by atoms with E-state index >= 15 is 0 Å². The molecule has 66 heavy (non-hydrogen) atoms. The van der Waals surface area contributed by atoms with Gasteiger partial charge in [0.2, 0.25) is 11.8 Å². The highest BCUT2D eigenvalue weighted by Crippen LogP contribution is 2.32. The van der Waals surface area contributed by atoms with E-state index in [9.17, 15) is 38.7 Å². The fourth-order valence-electron chi connectivity index (χ4n) is 9.41. The van der Waals surface area contributed by atoms with Gasteiger partial charge in [0.15, 0.2) is 5.78 Å². The number of hydrogen-bond donors (Lipinski definition) is 1. The average molecular weight is 931 g/mol. The number of nitrogens with zero attached hydrogens (tertiary/aromatic N) is 4. The van der Waals surface area contributed by atoms with Gasteiger partial charge < -0.3 is 33.9 Å². The minimum absolute atomic E-state index is 0.0188. The summed E-state index contributed by atoms with van der Waals surface area (Å²) < 4.78 is 22.4. The third-order valence-electron chi connectivity index (χ3n) is 13.6. The molecule has 374 valence electrons. The van der Waals surface area contributed by atoms with Gasteiger partial charge in [0.1, 0.15) is 19.1 Å². The van der Waals surface area contributed by atoms with Crippen LogP contribution in [0.2, 0.25) is 0 Å². The minimum Gasteiger partial charge on any atom is -0.480 e. The van der Waals surface area contributed by atoms with Crippen molar-refractivity contribution in [2.45, 2.75) is 144 Å². The van der Waals surface area contributed by atoms with Gasteiger partial charge in [0.25, 0.3) is 6.47 Å². The van der Waals surface area contributed by atoms with E-state index in [0.717, 1.165) is 5.56 Å². The highest BCUT2D eigenvalue weighted by Gasteiger charge is 2.44. The smallest absolute Gasteiger partial charge is 0.317 e. The number of benzene rings is 1. The van der Waals surface area contributed by atoms with Crippen LogP contribution in [-0.2, 0) is 58.9 Å². The molecule has 0 saturated carbocycles. The Morgan fingerprint density at radius 2 is 1.53 bits per heavy atom. The first kappa shape index (κ1) is 57.9. The predicted octanol–water partition coefficient (Wildman–Crippen LogP) is 5.38. The number of methoxy groups -OCH3 is 2. The Labute approximate surface area is 394 Å². The lowest BCUT2D eigenvalue weighted by Crippen LogP contribution is -2.54. The first-order valence-electron chi connectivity index (χ1n) is 23.7. The molecule has 0 aromatic heterocycles. The Morgan fingerprint density at radius 3 is 2.06 bits per heavy atom. The van der Waals surface area contributed by atoms with Crippen molar-refractivity contribution in [3.63, 3.8) is 0 Å². The van der Waals surface area contributed by atoms with Crippen molar-refractivity contribution in [2.24, 2.45) is 35.5 Å². The molecule has 0 radical (unpaired) electrons. The van der Waals surface area contributed by atoms with E-state index in [4.69, 9.17) is 18.9 Å². The van der Waals surface area contributed by atoms with Crippen LogP contribution in [0.3, 0.4) is 0 Å². The summed E-state index contributed by atoms with van der Waals surface area (Å²) in [6, 6.07) is 8.13. The first-order valence-corrected chi connectivity index (χ1v) is 23.7. The Bertz CT molecular complexity index is 1690. The van der Waals surface area contributed by atoms with Gasteiger partial charge in [-0.05, 0) is 63.5 Å². The van der Waals surface area contributed by atoms with E-state index in [0.29, 0.717) is 25.8 Å². The Morgan fingerprint density at radius 1 is 0.879 bits per heavy atom. The van der Waals surface area contributed by atoms with Crippen LogP contribution in [0.4, 0.5) is 0 Å². The Hall–Kier alpha value is -4.25. The third-order valence-corrected chi connectivity index (χ3v) is 13.6. The molecule has 1 aliphatic heterocycles. The van der Waals surface area contributed by atoms with Crippen molar-refractivity contribution < 1.29 is 57.6 Å². The maximum absolute atomic E-state index is 14.5. The predicted molar refractivity (Wildman–Crippen MR) is 251 cm³/mol. The first-order chi connectivity index (χ1) is 31.1. The summed E-state index contributed by atoms with van der Waals surface area (Å²) in [6.45, 7) is 17.6. The van der Waals surface area contributed by atoms with Crippen molar-refractivity contribution >= 4 is 41.8 Å². The zero-order chi connectivity index (χ0) is 49.8. The molecule has 1 aromatic carbocycles. The number of ether oxygens (including phenoxy) is 4. The van der Waals surface area contributed by atoms with E-state index in [2.05, 4.69) is 18.7 Å². The topological polar surface area (TPSA) is 190 Å². The second-order valence-electron chi connectivity index (χ2n) is 19.1. The molecule has 1 aliphatic rings. The number of Topliss-reactive ketones (excluding diaryl/α,β-unsaturated/α-hetero) is 2. The molecule has 2 amide bonds. The summed E-state index contributed by atoms with van der Waals surface area (Å²) in [5, 5.41) is 9.24. The van der Waals surface area contributed by atoms with Crippen LogP contribution in [0.1, 0.15) is 106 Å². The Kier molecular flexibility index (Phi) is 25.3. The summed E-state index contributed by atoms with van der Waals surface area (Å²) in [6.07, 6.45) is 0.777. The van der Waals surface area contributed by atoms with E-state index in [1.165, 1.54) is 12.0 Å². The molecule has 0 bridgehead atoms. The fraction of sp³-hybridized carbons (Fsp3) is 0.740. The largest absolute Gasteiger partial charge is 0.480 e. The van der Waals surface area contributed by atoms with Crippen LogP contribution < -0.4 is 0 Å². The van der Waals surface area contributed by atoms with E-state index in [1.54, 1.807) is 30.9 Å². The number of carbonyl (C=O) groups is 7. The molecular formula is C50H82N4O12.